The quantitative estimate of drug-likeness (QED) is 0.484. The van der Waals surface area contributed by atoms with Gasteiger partial charge in [0.2, 0.25) is 0 Å². The van der Waals surface area contributed by atoms with Crippen molar-refractivity contribution in [3.05, 3.63) is 21.3 Å². The van der Waals surface area contributed by atoms with Gasteiger partial charge >= 0.3 is 0 Å². The van der Waals surface area contributed by atoms with Crippen LogP contribution in [-0.4, -0.2) is 6.29 Å². The molecular weight excluding hydrogens is 180 g/mol. The molecule has 0 fully saturated rings. The Hall–Kier alpha value is -0.780. The highest BCUT2D eigenvalue weighted by Crippen LogP contribution is 2.21. The van der Waals surface area contributed by atoms with Gasteiger partial charge in [-0.1, -0.05) is 23.4 Å². The molecule has 1 heterocycles. The van der Waals surface area contributed by atoms with Crippen LogP contribution >= 0.6 is 22.9 Å². The number of carbonyl (C=O) groups excluding carboxylic acids is 1. The van der Waals surface area contributed by atoms with Crippen molar-refractivity contribution in [3.63, 3.8) is 0 Å². The molecule has 0 amide bonds. The van der Waals surface area contributed by atoms with Crippen LogP contribution in [0.25, 0.3) is 0 Å². The minimum absolute atomic E-state index is 0.270. The van der Waals surface area contributed by atoms with E-state index in [1.165, 1.54) is 11.3 Å². The molecule has 0 spiro atoms. The largest absolute Gasteiger partial charge is 0.302 e. The van der Waals surface area contributed by atoms with E-state index in [-0.39, 0.29) is 6.42 Å². The zero-order valence-electron chi connectivity index (χ0n) is 5.63. The highest BCUT2D eigenvalue weighted by atomic mass is 35.5. The van der Waals surface area contributed by atoms with Crippen molar-refractivity contribution in [2.24, 2.45) is 0 Å². The van der Waals surface area contributed by atoms with Gasteiger partial charge in [0.05, 0.1) is 12.0 Å². The van der Waals surface area contributed by atoms with E-state index in [1.807, 2.05) is 11.4 Å². The van der Waals surface area contributed by atoms with E-state index in [2.05, 4.69) is 11.8 Å². The highest BCUT2D eigenvalue weighted by molar-refractivity contribution is 7.14. The van der Waals surface area contributed by atoms with Crippen molar-refractivity contribution in [1.29, 1.82) is 0 Å². The number of aldehydes is 1. The fourth-order valence-corrected chi connectivity index (χ4v) is 1.40. The molecule has 0 radical (unpaired) electrons. The zero-order valence-corrected chi connectivity index (χ0v) is 7.21. The van der Waals surface area contributed by atoms with E-state index in [0.717, 1.165) is 11.8 Å². The first kappa shape index (κ1) is 8.32. The summed E-state index contributed by atoms with van der Waals surface area (Å²) < 4.78 is 0.684. The Labute approximate surface area is 74.0 Å². The van der Waals surface area contributed by atoms with Crippen molar-refractivity contribution in [3.8, 4) is 11.8 Å². The molecule has 11 heavy (non-hydrogen) atoms. The molecule has 1 aromatic heterocycles. The number of carbonyl (C=O) groups is 1. The highest BCUT2D eigenvalue weighted by Gasteiger charge is 1.94. The van der Waals surface area contributed by atoms with Crippen molar-refractivity contribution < 1.29 is 4.79 Å². The summed E-state index contributed by atoms with van der Waals surface area (Å²) in [7, 11) is 0. The molecule has 3 heteroatoms. The summed E-state index contributed by atoms with van der Waals surface area (Å²) in [6, 6.07) is 1.84. The van der Waals surface area contributed by atoms with E-state index in [4.69, 9.17) is 11.6 Å². The first-order chi connectivity index (χ1) is 5.34. The monoisotopic (exact) mass is 184 g/mol. The summed E-state index contributed by atoms with van der Waals surface area (Å²) in [4.78, 5) is 9.89. The third-order valence-electron chi connectivity index (χ3n) is 1.03. The van der Waals surface area contributed by atoms with Gasteiger partial charge in [0.15, 0.2) is 0 Å². The second-order valence-electron chi connectivity index (χ2n) is 1.78. The maximum absolute atomic E-state index is 9.89. The van der Waals surface area contributed by atoms with Crippen LogP contribution in [0, 0.1) is 11.8 Å². The summed E-state index contributed by atoms with van der Waals surface area (Å²) in [5.41, 5.74) is 0.804. The average Bonchev–Trinajstić information content (AvgIpc) is 2.37. The minimum Gasteiger partial charge on any atom is -0.302 e. The number of hydrogen-bond acceptors (Lipinski definition) is 2. The smallest absolute Gasteiger partial charge is 0.131 e. The zero-order chi connectivity index (χ0) is 8.10. The van der Waals surface area contributed by atoms with Crippen molar-refractivity contribution in [2.45, 2.75) is 6.42 Å². The van der Waals surface area contributed by atoms with Gasteiger partial charge in [-0.15, -0.1) is 11.3 Å². The van der Waals surface area contributed by atoms with Gasteiger partial charge in [-0.25, -0.2) is 0 Å². The molecule has 1 aromatic rings. The summed E-state index contributed by atoms with van der Waals surface area (Å²) in [5.74, 6) is 5.47. The van der Waals surface area contributed by atoms with E-state index in [1.54, 1.807) is 0 Å². The molecule has 0 N–H and O–H groups in total. The first-order valence-electron chi connectivity index (χ1n) is 3.00. The Morgan fingerprint density at radius 1 is 1.73 bits per heavy atom. The molecule has 0 aliphatic carbocycles. The van der Waals surface area contributed by atoms with Crippen LogP contribution in [0.4, 0.5) is 0 Å². The Kier molecular flexibility index (Phi) is 3.15. The number of thiophene rings is 1. The lowest BCUT2D eigenvalue weighted by Crippen LogP contribution is -1.69. The lowest BCUT2D eigenvalue weighted by atomic mass is 10.3. The van der Waals surface area contributed by atoms with Crippen LogP contribution in [0.3, 0.4) is 0 Å². The van der Waals surface area contributed by atoms with Crippen LogP contribution < -0.4 is 0 Å². The lowest BCUT2D eigenvalue weighted by molar-refractivity contribution is -0.107. The maximum atomic E-state index is 9.89. The van der Waals surface area contributed by atoms with Crippen LogP contribution in [0.1, 0.15) is 12.0 Å². The van der Waals surface area contributed by atoms with E-state index in [9.17, 15) is 4.79 Å². The fourth-order valence-electron chi connectivity index (χ4n) is 0.570. The van der Waals surface area contributed by atoms with Gasteiger partial charge in [-0.3, -0.25) is 0 Å². The Morgan fingerprint density at radius 2 is 2.55 bits per heavy atom. The Balaban J connectivity index is 2.72. The van der Waals surface area contributed by atoms with Gasteiger partial charge in [-0.2, -0.15) is 0 Å². The molecule has 1 rings (SSSR count). The standard InChI is InChI=1S/C8H5ClOS/c9-8-7(4-6-11-8)3-1-2-5-10/h4-6H,2H2. The number of hydrogen-bond donors (Lipinski definition) is 0. The first-order valence-corrected chi connectivity index (χ1v) is 4.26. The maximum Gasteiger partial charge on any atom is 0.131 e. The van der Waals surface area contributed by atoms with Crippen molar-refractivity contribution in [2.75, 3.05) is 0 Å². The van der Waals surface area contributed by atoms with Crippen molar-refractivity contribution >= 4 is 29.2 Å². The molecule has 0 unspecified atom stereocenters. The molecule has 1 nitrogen and oxygen atoms in total. The molecule has 0 saturated carbocycles. The predicted molar refractivity (Wildman–Crippen MR) is 46.9 cm³/mol. The van der Waals surface area contributed by atoms with Gasteiger partial charge < -0.3 is 4.79 Å². The average molecular weight is 185 g/mol. The molecular formula is C8H5ClOS. The molecule has 0 bridgehead atoms. The molecule has 0 saturated heterocycles. The van der Waals surface area contributed by atoms with E-state index >= 15 is 0 Å². The molecule has 0 aromatic carbocycles. The number of rotatable bonds is 1. The molecule has 56 valence electrons. The van der Waals surface area contributed by atoms with Gasteiger partial charge in [0.25, 0.3) is 0 Å². The van der Waals surface area contributed by atoms with E-state index < -0.39 is 0 Å². The van der Waals surface area contributed by atoms with Gasteiger partial charge in [0, 0.05) is 0 Å². The third kappa shape index (κ3) is 2.38. The van der Waals surface area contributed by atoms with Crippen molar-refractivity contribution in [1.82, 2.24) is 0 Å². The summed E-state index contributed by atoms with van der Waals surface area (Å²) >= 11 is 7.18. The van der Waals surface area contributed by atoms with Crippen LogP contribution in [0.15, 0.2) is 11.4 Å². The summed E-state index contributed by atoms with van der Waals surface area (Å²) in [6.45, 7) is 0. The summed E-state index contributed by atoms with van der Waals surface area (Å²) in [5, 5.41) is 1.87. The topological polar surface area (TPSA) is 17.1 Å². The second kappa shape index (κ2) is 4.17. The van der Waals surface area contributed by atoms with Crippen LogP contribution in [0.2, 0.25) is 4.34 Å². The Bertz CT molecular complexity index is 305. The lowest BCUT2D eigenvalue weighted by Gasteiger charge is -1.79. The third-order valence-corrected chi connectivity index (χ3v) is 2.20. The SMILES string of the molecule is O=CCC#Cc1ccsc1Cl. The summed E-state index contributed by atoms with van der Waals surface area (Å²) in [6.07, 6.45) is 1.04. The Morgan fingerprint density at radius 3 is 3.09 bits per heavy atom. The predicted octanol–water partition coefficient (Wildman–Crippen LogP) is 2.34. The van der Waals surface area contributed by atoms with Gasteiger partial charge in [-0.05, 0) is 11.4 Å². The number of halogens is 1. The fraction of sp³-hybridized carbons (Fsp3) is 0.125. The molecule has 0 aliphatic rings. The normalized spacial score (nSPS) is 8.45. The minimum atomic E-state index is 0.270. The van der Waals surface area contributed by atoms with Gasteiger partial charge in [0.1, 0.15) is 10.6 Å². The van der Waals surface area contributed by atoms with Crippen LogP contribution in [0.5, 0.6) is 0 Å². The molecule has 0 aliphatic heterocycles. The second-order valence-corrected chi connectivity index (χ2v) is 3.30. The van der Waals surface area contributed by atoms with E-state index in [0.29, 0.717) is 4.34 Å². The van der Waals surface area contributed by atoms with Crippen LogP contribution in [-0.2, 0) is 4.79 Å². The molecule has 0 atom stereocenters.